The highest BCUT2D eigenvalue weighted by molar-refractivity contribution is 9.10. The van der Waals surface area contributed by atoms with Crippen molar-refractivity contribution in [2.24, 2.45) is 5.92 Å². The lowest BCUT2D eigenvalue weighted by Crippen LogP contribution is -2.38. The normalized spacial score (nSPS) is 13.8. The Balaban J connectivity index is 3.10. The van der Waals surface area contributed by atoms with E-state index in [1.807, 2.05) is 20.8 Å². The maximum atomic E-state index is 12.3. The van der Waals surface area contributed by atoms with Crippen LogP contribution in [0.2, 0.25) is 0 Å². The van der Waals surface area contributed by atoms with Crippen LogP contribution < -0.4 is 10.5 Å². The summed E-state index contributed by atoms with van der Waals surface area (Å²) in [6.45, 7) is 5.94. The first-order chi connectivity index (χ1) is 8.27. The average molecular weight is 335 g/mol. The molecule has 1 aromatic rings. The maximum Gasteiger partial charge on any atom is 0.242 e. The molecular weight excluding hydrogens is 316 g/mol. The minimum Gasteiger partial charge on any atom is -0.399 e. The van der Waals surface area contributed by atoms with Gasteiger partial charge in [0.15, 0.2) is 0 Å². The summed E-state index contributed by atoms with van der Waals surface area (Å²) in [6.07, 6.45) is 0.747. The lowest BCUT2D eigenvalue weighted by molar-refractivity contribution is 0.437. The number of halogens is 1. The van der Waals surface area contributed by atoms with Gasteiger partial charge in [0.05, 0.1) is 4.90 Å². The standard InChI is InChI=1S/C12H19BrN2O2S/c1-4-11(8(2)3)15-18(16,17)12-7-9(14)5-6-10(12)13/h5-8,11,15H,4,14H2,1-3H3. The van der Waals surface area contributed by atoms with Crippen LogP contribution in [0.15, 0.2) is 27.6 Å². The van der Waals surface area contributed by atoms with Crippen molar-refractivity contribution in [2.45, 2.75) is 38.1 Å². The molecule has 0 aliphatic heterocycles. The zero-order valence-corrected chi connectivity index (χ0v) is 13.2. The Hall–Kier alpha value is -0.590. The van der Waals surface area contributed by atoms with Crippen molar-refractivity contribution in [3.05, 3.63) is 22.7 Å². The highest BCUT2D eigenvalue weighted by Crippen LogP contribution is 2.25. The molecule has 102 valence electrons. The molecule has 0 aliphatic rings. The molecule has 0 amide bonds. The third-order valence-corrected chi connectivity index (χ3v) is 5.28. The van der Waals surface area contributed by atoms with Crippen LogP contribution in [0.5, 0.6) is 0 Å². The van der Waals surface area contributed by atoms with Gasteiger partial charge in [-0.1, -0.05) is 20.8 Å². The second kappa shape index (κ2) is 6.04. The Morgan fingerprint density at radius 3 is 2.50 bits per heavy atom. The predicted octanol–water partition coefficient (Wildman–Crippen LogP) is 2.74. The van der Waals surface area contributed by atoms with Gasteiger partial charge in [-0.05, 0) is 46.5 Å². The summed E-state index contributed by atoms with van der Waals surface area (Å²) in [5.74, 6) is 0.240. The molecule has 3 N–H and O–H groups in total. The van der Waals surface area contributed by atoms with Crippen molar-refractivity contribution in [3.63, 3.8) is 0 Å². The van der Waals surface area contributed by atoms with Gasteiger partial charge in [-0.2, -0.15) is 0 Å². The van der Waals surface area contributed by atoms with Crippen molar-refractivity contribution in [2.75, 3.05) is 5.73 Å². The fraction of sp³-hybridized carbons (Fsp3) is 0.500. The van der Waals surface area contributed by atoms with Crippen LogP contribution in [-0.2, 0) is 10.0 Å². The molecule has 1 atom stereocenters. The number of nitrogens with two attached hydrogens (primary N) is 1. The molecule has 4 nitrogen and oxygen atoms in total. The van der Waals surface area contributed by atoms with Crippen molar-refractivity contribution in [3.8, 4) is 0 Å². The van der Waals surface area contributed by atoms with E-state index >= 15 is 0 Å². The first kappa shape index (κ1) is 15.5. The topological polar surface area (TPSA) is 72.2 Å². The second-order valence-corrected chi connectivity index (χ2v) is 7.11. The van der Waals surface area contributed by atoms with E-state index in [1.54, 1.807) is 12.1 Å². The molecule has 0 spiro atoms. The highest BCUT2D eigenvalue weighted by atomic mass is 79.9. The minimum absolute atomic E-state index is 0.0802. The Bertz CT molecular complexity index is 515. The summed E-state index contributed by atoms with van der Waals surface area (Å²) >= 11 is 3.24. The number of nitrogen functional groups attached to an aromatic ring is 1. The van der Waals surface area contributed by atoms with Crippen molar-refractivity contribution in [1.82, 2.24) is 4.72 Å². The summed E-state index contributed by atoms with van der Waals surface area (Å²) in [4.78, 5) is 0.182. The molecule has 1 unspecified atom stereocenters. The highest BCUT2D eigenvalue weighted by Gasteiger charge is 2.23. The van der Waals surface area contributed by atoms with E-state index in [9.17, 15) is 8.42 Å². The average Bonchev–Trinajstić information content (AvgIpc) is 2.28. The molecule has 0 aliphatic carbocycles. The molecule has 0 bridgehead atoms. The van der Waals surface area contributed by atoms with E-state index in [1.165, 1.54) is 6.07 Å². The molecule has 18 heavy (non-hydrogen) atoms. The first-order valence-corrected chi connectivity index (χ1v) is 8.13. The number of benzene rings is 1. The van der Waals surface area contributed by atoms with E-state index in [2.05, 4.69) is 20.7 Å². The molecule has 0 heterocycles. The zero-order chi connectivity index (χ0) is 13.9. The lowest BCUT2D eigenvalue weighted by Gasteiger charge is -2.21. The van der Waals surface area contributed by atoms with Gasteiger partial charge in [0.25, 0.3) is 0 Å². The van der Waals surface area contributed by atoms with Crippen LogP contribution in [0, 0.1) is 5.92 Å². The molecule has 0 saturated heterocycles. The number of nitrogens with one attached hydrogen (secondary N) is 1. The summed E-state index contributed by atoms with van der Waals surface area (Å²) in [5.41, 5.74) is 6.06. The van der Waals surface area contributed by atoms with Gasteiger partial charge >= 0.3 is 0 Å². The van der Waals surface area contributed by atoms with E-state index in [4.69, 9.17) is 5.73 Å². The van der Waals surface area contributed by atoms with Crippen LogP contribution in [0.1, 0.15) is 27.2 Å². The largest absolute Gasteiger partial charge is 0.399 e. The summed E-state index contributed by atoms with van der Waals surface area (Å²) in [7, 11) is -3.55. The molecule has 1 rings (SSSR count). The Labute approximate surface area is 117 Å². The molecule has 1 aromatic carbocycles. The van der Waals surface area contributed by atoms with Gasteiger partial charge in [0.2, 0.25) is 10.0 Å². The molecule has 0 radical (unpaired) electrons. The predicted molar refractivity (Wildman–Crippen MR) is 77.8 cm³/mol. The van der Waals surface area contributed by atoms with E-state index in [0.29, 0.717) is 10.2 Å². The number of rotatable bonds is 5. The fourth-order valence-electron chi connectivity index (χ4n) is 1.68. The third-order valence-electron chi connectivity index (χ3n) is 2.80. The quantitative estimate of drug-likeness (QED) is 0.813. The Morgan fingerprint density at radius 1 is 1.39 bits per heavy atom. The van der Waals surface area contributed by atoms with E-state index in [-0.39, 0.29) is 16.9 Å². The van der Waals surface area contributed by atoms with Gasteiger partial charge < -0.3 is 5.73 Å². The van der Waals surface area contributed by atoms with Crippen LogP contribution in [0.4, 0.5) is 5.69 Å². The maximum absolute atomic E-state index is 12.3. The zero-order valence-electron chi connectivity index (χ0n) is 10.8. The van der Waals surface area contributed by atoms with Crippen LogP contribution in [-0.4, -0.2) is 14.5 Å². The van der Waals surface area contributed by atoms with Crippen LogP contribution in [0.25, 0.3) is 0 Å². The Morgan fingerprint density at radius 2 is 2.00 bits per heavy atom. The van der Waals surface area contributed by atoms with Crippen LogP contribution >= 0.6 is 15.9 Å². The van der Waals surface area contributed by atoms with Crippen molar-refractivity contribution < 1.29 is 8.42 Å². The fourth-order valence-corrected chi connectivity index (χ4v) is 4.15. The number of hydrogen-bond acceptors (Lipinski definition) is 3. The van der Waals surface area contributed by atoms with Crippen molar-refractivity contribution >= 4 is 31.6 Å². The molecular formula is C12H19BrN2O2S. The van der Waals surface area contributed by atoms with Gasteiger partial charge in [-0.3, -0.25) is 0 Å². The first-order valence-electron chi connectivity index (χ1n) is 5.85. The monoisotopic (exact) mass is 334 g/mol. The smallest absolute Gasteiger partial charge is 0.242 e. The van der Waals surface area contributed by atoms with Gasteiger partial charge in [-0.15, -0.1) is 0 Å². The second-order valence-electron chi connectivity index (χ2n) is 4.57. The molecule has 6 heteroatoms. The molecule has 0 aromatic heterocycles. The Kier molecular flexibility index (Phi) is 5.19. The van der Waals surface area contributed by atoms with Crippen LogP contribution in [0.3, 0.4) is 0 Å². The third kappa shape index (κ3) is 3.70. The molecule has 0 saturated carbocycles. The summed E-state index contributed by atoms with van der Waals surface area (Å²) in [5, 5.41) is 0. The summed E-state index contributed by atoms with van der Waals surface area (Å²) in [6, 6.07) is 4.67. The summed E-state index contributed by atoms with van der Waals surface area (Å²) < 4.78 is 27.8. The number of anilines is 1. The number of hydrogen-bond donors (Lipinski definition) is 2. The molecule has 0 fully saturated rings. The van der Waals surface area contributed by atoms with E-state index in [0.717, 1.165) is 6.42 Å². The van der Waals surface area contributed by atoms with E-state index < -0.39 is 10.0 Å². The van der Waals surface area contributed by atoms with Gasteiger partial charge in [-0.25, -0.2) is 13.1 Å². The lowest BCUT2D eigenvalue weighted by atomic mass is 10.0. The number of sulfonamides is 1. The van der Waals surface area contributed by atoms with Gasteiger partial charge in [0.1, 0.15) is 0 Å². The van der Waals surface area contributed by atoms with Crippen molar-refractivity contribution in [1.29, 1.82) is 0 Å². The minimum atomic E-state index is -3.55. The van der Waals surface area contributed by atoms with Gasteiger partial charge in [0, 0.05) is 16.2 Å². The SMILES string of the molecule is CCC(NS(=O)(=O)c1cc(N)ccc1Br)C(C)C.